The van der Waals surface area contributed by atoms with Gasteiger partial charge in [-0.05, 0) is 50.7 Å². The third kappa shape index (κ3) is 1.66. The van der Waals surface area contributed by atoms with Gasteiger partial charge in [0.15, 0.2) is 11.5 Å². The number of alkyl halides is 1. The van der Waals surface area contributed by atoms with Gasteiger partial charge in [0.05, 0.1) is 6.10 Å². The van der Waals surface area contributed by atoms with Crippen LogP contribution in [-0.4, -0.2) is 28.4 Å². The van der Waals surface area contributed by atoms with E-state index in [4.69, 9.17) is 0 Å². The van der Waals surface area contributed by atoms with Crippen LogP contribution in [0.15, 0.2) is 23.8 Å². The van der Waals surface area contributed by atoms with E-state index in [1.54, 1.807) is 19.1 Å². The molecule has 0 radical (unpaired) electrons. The first-order chi connectivity index (χ1) is 11.1. The minimum absolute atomic E-state index is 0.0298. The Morgan fingerprint density at radius 1 is 1.25 bits per heavy atom. The van der Waals surface area contributed by atoms with E-state index in [9.17, 15) is 14.7 Å². The second-order valence-electron chi connectivity index (χ2n) is 8.77. The van der Waals surface area contributed by atoms with E-state index in [-0.39, 0.29) is 35.7 Å². The van der Waals surface area contributed by atoms with Gasteiger partial charge in [-0.1, -0.05) is 25.5 Å². The smallest absolute Gasteiger partial charge is 0.178 e. The van der Waals surface area contributed by atoms with Gasteiger partial charge in [0.2, 0.25) is 0 Å². The van der Waals surface area contributed by atoms with Crippen molar-refractivity contribution in [1.82, 2.24) is 0 Å². The lowest BCUT2D eigenvalue weighted by Crippen LogP contribution is -2.66. The molecule has 7 atom stereocenters. The molecule has 3 saturated carbocycles. The fraction of sp³-hybridized carbons (Fsp3) is 0.700. The van der Waals surface area contributed by atoms with E-state index in [2.05, 4.69) is 0 Å². The normalized spacial score (nSPS) is 53.3. The Bertz CT molecular complexity index is 695. The van der Waals surface area contributed by atoms with Crippen molar-refractivity contribution in [2.75, 3.05) is 0 Å². The van der Waals surface area contributed by atoms with Gasteiger partial charge in [-0.15, -0.1) is 0 Å². The molecule has 4 aliphatic rings. The van der Waals surface area contributed by atoms with Gasteiger partial charge in [0, 0.05) is 22.7 Å². The maximum atomic E-state index is 16.6. The maximum absolute atomic E-state index is 16.6. The molecule has 3 nitrogen and oxygen atoms in total. The number of allylic oxidation sites excluding steroid dienone is 4. The number of hydrogen-bond donors (Lipinski definition) is 1. The number of halogens is 1. The lowest BCUT2D eigenvalue weighted by molar-refractivity contribution is -0.190. The van der Waals surface area contributed by atoms with Crippen LogP contribution in [0.4, 0.5) is 4.39 Å². The molecule has 4 rings (SSSR count). The Labute approximate surface area is 142 Å². The van der Waals surface area contributed by atoms with E-state index in [0.29, 0.717) is 19.3 Å². The number of rotatable bonds is 0. The van der Waals surface area contributed by atoms with Crippen molar-refractivity contribution in [3.63, 3.8) is 0 Å². The zero-order chi connectivity index (χ0) is 17.5. The van der Waals surface area contributed by atoms with E-state index >= 15 is 4.39 Å². The highest BCUT2D eigenvalue weighted by molar-refractivity contribution is 6.01. The summed E-state index contributed by atoms with van der Waals surface area (Å²) >= 11 is 0. The van der Waals surface area contributed by atoms with Crippen LogP contribution in [0.5, 0.6) is 0 Å². The zero-order valence-corrected chi connectivity index (χ0v) is 14.5. The highest BCUT2D eigenvalue weighted by Crippen LogP contribution is 2.67. The third-order valence-corrected chi connectivity index (χ3v) is 7.65. The van der Waals surface area contributed by atoms with Gasteiger partial charge in [-0.25, -0.2) is 4.39 Å². The molecule has 0 heterocycles. The Balaban J connectivity index is 1.84. The quantitative estimate of drug-likeness (QED) is 0.741. The van der Waals surface area contributed by atoms with Gasteiger partial charge < -0.3 is 5.11 Å². The fourth-order valence-corrected chi connectivity index (χ4v) is 6.33. The molecule has 0 aromatic carbocycles. The van der Waals surface area contributed by atoms with Crippen molar-refractivity contribution in [1.29, 1.82) is 0 Å². The van der Waals surface area contributed by atoms with Crippen molar-refractivity contribution in [2.45, 2.75) is 58.2 Å². The summed E-state index contributed by atoms with van der Waals surface area (Å²) in [5.74, 6) is -0.375. The molecule has 24 heavy (non-hydrogen) atoms. The molecule has 130 valence electrons. The van der Waals surface area contributed by atoms with E-state index in [1.807, 2.05) is 13.8 Å². The molecule has 0 bridgehead atoms. The monoisotopic (exact) mass is 332 g/mol. The van der Waals surface area contributed by atoms with Crippen LogP contribution in [0.25, 0.3) is 0 Å². The van der Waals surface area contributed by atoms with Gasteiger partial charge in [0.25, 0.3) is 0 Å². The number of hydrogen-bond acceptors (Lipinski definition) is 3. The molecular formula is C20H25FO3. The summed E-state index contributed by atoms with van der Waals surface area (Å²) in [6.07, 6.45) is 5.57. The molecule has 0 aromatic heterocycles. The first-order valence-corrected chi connectivity index (χ1v) is 9.00. The van der Waals surface area contributed by atoms with Crippen molar-refractivity contribution in [3.8, 4) is 0 Å². The number of carbonyl (C=O) groups is 2. The van der Waals surface area contributed by atoms with E-state index in [0.717, 1.165) is 5.57 Å². The van der Waals surface area contributed by atoms with Crippen LogP contribution in [0, 0.1) is 28.6 Å². The minimum Gasteiger partial charge on any atom is -0.390 e. The Hall–Kier alpha value is -1.29. The Morgan fingerprint density at radius 3 is 2.67 bits per heavy atom. The first-order valence-electron chi connectivity index (χ1n) is 9.00. The summed E-state index contributed by atoms with van der Waals surface area (Å²) < 4.78 is 16.6. The van der Waals surface area contributed by atoms with Crippen molar-refractivity contribution in [3.05, 3.63) is 23.8 Å². The average molecular weight is 332 g/mol. The predicted octanol–water partition coefficient (Wildman–Crippen LogP) is 3.17. The standard InChI is InChI=1S/C20H25FO3/c1-11-8-15-14-5-4-12-9-13(22)6-7-19(12,3)20(14,21)16(23)10-18(15,2)17(11)24/h6-7,9,11,14-16,23H,4-5,8,10H2,1-3H3/t11?,14?,15?,16?,18-,19-,20-/m0/s1. The molecule has 0 aliphatic heterocycles. The number of Topliss-reactive ketones (excluding diaryl/α,β-unsaturated/α-hetero) is 1. The lowest BCUT2D eigenvalue weighted by Gasteiger charge is -2.60. The van der Waals surface area contributed by atoms with E-state index < -0.39 is 22.6 Å². The SMILES string of the molecule is CC1CC2C3CCC4=CC(=O)C=C[C@]4(C)[C@@]3(F)C(O)C[C@]2(C)C1=O. The molecule has 4 aliphatic carbocycles. The van der Waals surface area contributed by atoms with Crippen LogP contribution in [0.2, 0.25) is 0 Å². The number of aliphatic hydroxyl groups excluding tert-OH is 1. The second-order valence-corrected chi connectivity index (χ2v) is 8.77. The van der Waals surface area contributed by atoms with Crippen LogP contribution in [0.1, 0.15) is 46.5 Å². The summed E-state index contributed by atoms with van der Waals surface area (Å²) in [7, 11) is 0. The minimum atomic E-state index is -1.82. The maximum Gasteiger partial charge on any atom is 0.178 e. The van der Waals surface area contributed by atoms with Crippen molar-refractivity contribution < 1.29 is 19.1 Å². The number of ketones is 2. The topological polar surface area (TPSA) is 54.4 Å². The summed E-state index contributed by atoms with van der Waals surface area (Å²) in [6, 6.07) is 0. The van der Waals surface area contributed by atoms with Crippen LogP contribution >= 0.6 is 0 Å². The number of carbonyl (C=O) groups excluding carboxylic acids is 2. The van der Waals surface area contributed by atoms with Crippen LogP contribution < -0.4 is 0 Å². The molecule has 4 unspecified atom stereocenters. The Kier molecular flexibility index (Phi) is 3.14. The first kappa shape index (κ1) is 16.2. The molecule has 0 amide bonds. The molecule has 1 N–H and O–H groups in total. The van der Waals surface area contributed by atoms with Gasteiger partial charge in [0.1, 0.15) is 5.78 Å². The van der Waals surface area contributed by atoms with E-state index in [1.165, 1.54) is 6.08 Å². The van der Waals surface area contributed by atoms with Gasteiger partial charge >= 0.3 is 0 Å². The largest absolute Gasteiger partial charge is 0.390 e. The molecule has 0 saturated heterocycles. The molecular weight excluding hydrogens is 307 g/mol. The summed E-state index contributed by atoms with van der Waals surface area (Å²) in [6.45, 7) is 5.65. The van der Waals surface area contributed by atoms with Gasteiger partial charge in [-0.2, -0.15) is 0 Å². The predicted molar refractivity (Wildman–Crippen MR) is 87.9 cm³/mol. The lowest BCUT2D eigenvalue weighted by atomic mass is 9.46. The average Bonchev–Trinajstić information content (AvgIpc) is 2.74. The summed E-state index contributed by atoms with van der Waals surface area (Å²) in [5.41, 5.74) is -2.61. The summed E-state index contributed by atoms with van der Waals surface area (Å²) in [4.78, 5) is 24.4. The third-order valence-electron chi connectivity index (χ3n) is 7.65. The highest BCUT2D eigenvalue weighted by atomic mass is 19.1. The van der Waals surface area contributed by atoms with Crippen LogP contribution in [0.3, 0.4) is 0 Å². The zero-order valence-electron chi connectivity index (χ0n) is 14.5. The highest BCUT2D eigenvalue weighted by Gasteiger charge is 2.71. The van der Waals surface area contributed by atoms with Crippen molar-refractivity contribution >= 4 is 11.6 Å². The molecule has 0 aromatic rings. The molecule has 0 spiro atoms. The number of aliphatic hydroxyl groups is 1. The second kappa shape index (κ2) is 4.66. The molecule has 3 fully saturated rings. The Morgan fingerprint density at radius 2 is 1.96 bits per heavy atom. The van der Waals surface area contributed by atoms with Gasteiger partial charge in [-0.3, -0.25) is 9.59 Å². The van der Waals surface area contributed by atoms with Crippen LogP contribution in [-0.2, 0) is 9.59 Å². The summed E-state index contributed by atoms with van der Waals surface area (Å²) in [5, 5.41) is 10.9. The number of fused-ring (bicyclic) bond motifs is 5. The molecule has 4 heteroatoms. The fourth-order valence-electron chi connectivity index (χ4n) is 6.33. The van der Waals surface area contributed by atoms with Crippen molar-refractivity contribution in [2.24, 2.45) is 28.6 Å².